The summed E-state index contributed by atoms with van der Waals surface area (Å²) in [4.78, 5) is 0. The van der Waals surface area contributed by atoms with Gasteiger partial charge >= 0.3 is 0 Å². The van der Waals surface area contributed by atoms with E-state index in [2.05, 4.69) is 52.9 Å². The van der Waals surface area contributed by atoms with E-state index in [0.717, 1.165) is 18.7 Å². The van der Waals surface area contributed by atoms with Crippen LogP contribution in [0.3, 0.4) is 0 Å². The number of rotatable bonds is 4. The standard InChI is InChI=1S/C12H16BrN/c1-9(2)7-14-8-11-5-4-10(3)6-12(11)13/h4-6,14H,1,7-8H2,2-3H3. The van der Waals surface area contributed by atoms with E-state index in [9.17, 15) is 0 Å². The van der Waals surface area contributed by atoms with Crippen molar-refractivity contribution in [3.63, 3.8) is 0 Å². The van der Waals surface area contributed by atoms with Crippen LogP contribution in [0.1, 0.15) is 18.1 Å². The second-order valence-electron chi connectivity index (χ2n) is 3.66. The van der Waals surface area contributed by atoms with Gasteiger partial charge in [-0.3, -0.25) is 0 Å². The van der Waals surface area contributed by atoms with E-state index in [-0.39, 0.29) is 0 Å². The number of nitrogens with one attached hydrogen (secondary N) is 1. The van der Waals surface area contributed by atoms with Crippen molar-refractivity contribution < 1.29 is 0 Å². The molecule has 1 nitrogen and oxygen atoms in total. The number of aryl methyl sites for hydroxylation is 1. The summed E-state index contributed by atoms with van der Waals surface area (Å²) >= 11 is 3.55. The second kappa shape index (κ2) is 5.32. The highest BCUT2D eigenvalue weighted by Gasteiger charge is 1.98. The molecule has 0 heterocycles. The Labute approximate surface area is 94.3 Å². The molecule has 0 amide bonds. The van der Waals surface area contributed by atoms with E-state index in [4.69, 9.17) is 0 Å². The number of benzene rings is 1. The average molecular weight is 254 g/mol. The van der Waals surface area contributed by atoms with Crippen LogP contribution in [0.2, 0.25) is 0 Å². The first-order valence-corrected chi connectivity index (χ1v) is 5.49. The van der Waals surface area contributed by atoms with Gasteiger partial charge in [0.25, 0.3) is 0 Å². The third kappa shape index (κ3) is 3.64. The molecular weight excluding hydrogens is 238 g/mol. The third-order valence-corrected chi connectivity index (χ3v) is 2.69. The fourth-order valence-electron chi connectivity index (χ4n) is 1.21. The summed E-state index contributed by atoms with van der Waals surface area (Å²) in [5.74, 6) is 0. The van der Waals surface area contributed by atoms with E-state index >= 15 is 0 Å². The predicted octanol–water partition coefficient (Wildman–Crippen LogP) is 3.42. The Hall–Kier alpha value is -0.600. The fraction of sp³-hybridized carbons (Fsp3) is 0.333. The monoisotopic (exact) mass is 253 g/mol. The highest BCUT2D eigenvalue weighted by atomic mass is 79.9. The van der Waals surface area contributed by atoms with Crippen molar-refractivity contribution in [2.24, 2.45) is 0 Å². The molecule has 0 unspecified atom stereocenters. The summed E-state index contributed by atoms with van der Waals surface area (Å²) in [7, 11) is 0. The summed E-state index contributed by atoms with van der Waals surface area (Å²) in [6.45, 7) is 9.72. The van der Waals surface area contributed by atoms with Crippen LogP contribution < -0.4 is 5.32 Å². The maximum Gasteiger partial charge on any atom is 0.0222 e. The maximum absolute atomic E-state index is 3.85. The highest BCUT2D eigenvalue weighted by Crippen LogP contribution is 2.17. The summed E-state index contributed by atoms with van der Waals surface area (Å²) < 4.78 is 1.17. The molecule has 0 spiro atoms. The first-order chi connectivity index (χ1) is 6.59. The Morgan fingerprint density at radius 1 is 1.50 bits per heavy atom. The largest absolute Gasteiger partial charge is 0.309 e. The van der Waals surface area contributed by atoms with Gasteiger partial charge in [-0.05, 0) is 31.0 Å². The second-order valence-corrected chi connectivity index (χ2v) is 4.51. The lowest BCUT2D eigenvalue weighted by molar-refractivity contribution is 0.738. The Morgan fingerprint density at radius 2 is 2.21 bits per heavy atom. The van der Waals surface area contributed by atoms with Crippen LogP contribution in [-0.2, 0) is 6.54 Å². The first kappa shape index (κ1) is 11.5. The molecule has 2 heteroatoms. The lowest BCUT2D eigenvalue weighted by Crippen LogP contribution is -2.15. The molecule has 0 aliphatic heterocycles. The molecule has 0 aliphatic carbocycles. The van der Waals surface area contributed by atoms with Gasteiger partial charge in [0.05, 0.1) is 0 Å². The summed E-state index contributed by atoms with van der Waals surface area (Å²) in [5, 5.41) is 3.33. The predicted molar refractivity (Wildman–Crippen MR) is 65.4 cm³/mol. The van der Waals surface area contributed by atoms with Gasteiger partial charge in [-0.2, -0.15) is 0 Å². The lowest BCUT2D eigenvalue weighted by atomic mass is 10.1. The molecule has 0 saturated heterocycles. The number of halogens is 1. The smallest absolute Gasteiger partial charge is 0.0222 e. The van der Waals surface area contributed by atoms with E-state index in [1.54, 1.807) is 0 Å². The maximum atomic E-state index is 3.85. The van der Waals surface area contributed by atoms with Crippen molar-refractivity contribution in [1.82, 2.24) is 5.32 Å². The van der Waals surface area contributed by atoms with E-state index in [1.807, 2.05) is 6.92 Å². The van der Waals surface area contributed by atoms with Crippen molar-refractivity contribution in [2.45, 2.75) is 20.4 Å². The quantitative estimate of drug-likeness (QED) is 0.812. The summed E-state index contributed by atoms with van der Waals surface area (Å²) in [5.41, 5.74) is 3.73. The average Bonchev–Trinajstić information content (AvgIpc) is 2.08. The van der Waals surface area contributed by atoms with Crippen LogP contribution >= 0.6 is 15.9 Å². The van der Waals surface area contributed by atoms with Gasteiger partial charge in [0.15, 0.2) is 0 Å². The first-order valence-electron chi connectivity index (χ1n) is 4.69. The van der Waals surface area contributed by atoms with Crippen LogP contribution in [0.4, 0.5) is 0 Å². The fourth-order valence-corrected chi connectivity index (χ4v) is 1.84. The molecule has 0 atom stereocenters. The van der Waals surface area contributed by atoms with Crippen molar-refractivity contribution in [2.75, 3.05) is 6.54 Å². The zero-order valence-electron chi connectivity index (χ0n) is 8.73. The third-order valence-electron chi connectivity index (χ3n) is 1.95. The molecule has 0 radical (unpaired) electrons. The Bertz CT molecular complexity index is 331. The minimum atomic E-state index is 0.875. The van der Waals surface area contributed by atoms with Gasteiger partial charge in [0.2, 0.25) is 0 Å². The summed E-state index contributed by atoms with van der Waals surface area (Å²) in [6, 6.07) is 6.41. The molecule has 1 aromatic carbocycles. The van der Waals surface area contributed by atoms with E-state index < -0.39 is 0 Å². The summed E-state index contributed by atoms with van der Waals surface area (Å²) in [6.07, 6.45) is 0. The molecule has 76 valence electrons. The molecule has 0 aromatic heterocycles. The Balaban J connectivity index is 2.55. The van der Waals surface area contributed by atoms with Gasteiger partial charge in [-0.1, -0.05) is 40.2 Å². The van der Waals surface area contributed by atoms with E-state index in [1.165, 1.54) is 15.6 Å². The van der Waals surface area contributed by atoms with Gasteiger partial charge in [0.1, 0.15) is 0 Å². The molecule has 0 fully saturated rings. The van der Waals surface area contributed by atoms with Crippen molar-refractivity contribution >= 4 is 15.9 Å². The molecule has 1 N–H and O–H groups in total. The molecule has 1 aromatic rings. The van der Waals surface area contributed by atoms with E-state index in [0.29, 0.717) is 0 Å². The number of hydrogen-bond donors (Lipinski definition) is 1. The van der Waals surface area contributed by atoms with Crippen molar-refractivity contribution in [3.8, 4) is 0 Å². The zero-order chi connectivity index (χ0) is 10.6. The minimum Gasteiger partial charge on any atom is -0.309 e. The molecule has 0 bridgehead atoms. The molecule has 0 saturated carbocycles. The lowest BCUT2D eigenvalue weighted by Gasteiger charge is -2.07. The number of hydrogen-bond acceptors (Lipinski definition) is 1. The zero-order valence-corrected chi connectivity index (χ0v) is 10.3. The van der Waals surface area contributed by atoms with Crippen LogP contribution in [0.15, 0.2) is 34.8 Å². The van der Waals surface area contributed by atoms with Crippen molar-refractivity contribution in [1.29, 1.82) is 0 Å². The Morgan fingerprint density at radius 3 is 2.79 bits per heavy atom. The molecular formula is C12H16BrN. The van der Waals surface area contributed by atoms with Crippen LogP contribution in [0.25, 0.3) is 0 Å². The Kier molecular flexibility index (Phi) is 4.36. The van der Waals surface area contributed by atoms with Gasteiger partial charge < -0.3 is 5.32 Å². The van der Waals surface area contributed by atoms with Crippen LogP contribution in [-0.4, -0.2) is 6.54 Å². The highest BCUT2D eigenvalue weighted by molar-refractivity contribution is 9.10. The normalized spacial score (nSPS) is 10.2. The van der Waals surface area contributed by atoms with Crippen molar-refractivity contribution in [3.05, 3.63) is 46.0 Å². The molecule has 14 heavy (non-hydrogen) atoms. The topological polar surface area (TPSA) is 12.0 Å². The SMILES string of the molecule is C=C(C)CNCc1ccc(C)cc1Br. The van der Waals surface area contributed by atoms with Gasteiger partial charge in [-0.15, -0.1) is 0 Å². The van der Waals surface area contributed by atoms with Crippen LogP contribution in [0.5, 0.6) is 0 Å². The van der Waals surface area contributed by atoms with Gasteiger partial charge in [-0.25, -0.2) is 0 Å². The minimum absolute atomic E-state index is 0.875. The van der Waals surface area contributed by atoms with Gasteiger partial charge in [0, 0.05) is 17.6 Å². The van der Waals surface area contributed by atoms with Crippen LogP contribution in [0, 0.1) is 6.92 Å². The molecule has 0 aliphatic rings. The molecule has 1 rings (SSSR count).